The van der Waals surface area contributed by atoms with Crippen LogP contribution < -0.4 is 5.73 Å². The third-order valence-electron chi connectivity index (χ3n) is 4.06. The van der Waals surface area contributed by atoms with Crippen molar-refractivity contribution in [1.29, 1.82) is 0 Å². The number of hydrogen-bond donors (Lipinski definition) is 1. The van der Waals surface area contributed by atoms with Crippen LogP contribution in [0.25, 0.3) is 0 Å². The molecular formula is C16H26N2. The molecule has 18 heavy (non-hydrogen) atoms. The molecule has 2 N–H and O–H groups in total. The smallest absolute Gasteiger partial charge is 0.0731 e. The molecule has 1 aliphatic carbocycles. The number of nitrogens with two attached hydrogens (primary N) is 1. The van der Waals surface area contributed by atoms with Crippen LogP contribution in [0.3, 0.4) is 0 Å². The van der Waals surface area contributed by atoms with Crippen molar-refractivity contribution in [2.45, 2.75) is 51.6 Å². The monoisotopic (exact) mass is 246 g/mol. The third kappa shape index (κ3) is 2.76. The molecule has 2 heteroatoms. The van der Waals surface area contributed by atoms with Gasteiger partial charge in [0.05, 0.1) is 5.66 Å². The van der Waals surface area contributed by atoms with Crippen LogP contribution in [0.1, 0.15) is 44.2 Å². The van der Waals surface area contributed by atoms with Crippen molar-refractivity contribution < 1.29 is 0 Å². The summed E-state index contributed by atoms with van der Waals surface area (Å²) in [6.07, 6.45) is 5.57. The molecule has 1 aliphatic rings. The molecule has 1 aromatic carbocycles. The molecule has 0 heterocycles. The second-order valence-electron chi connectivity index (χ2n) is 5.54. The van der Waals surface area contributed by atoms with Gasteiger partial charge in [0.15, 0.2) is 0 Å². The van der Waals surface area contributed by atoms with Crippen LogP contribution in [0.4, 0.5) is 0 Å². The summed E-state index contributed by atoms with van der Waals surface area (Å²) in [7, 11) is 0. The van der Waals surface area contributed by atoms with E-state index in [9.17, 15) is 0 Å². The molecule has 100 valence electrons. The van der Waals surface area contributed by atoms with Gasteiger partial charge in [0.1, 0.15) is 0 Å². The highest BCUT2D eigenvalue weighted by Gasteiger charge is 2.35. The van der Waals surface area contributed by atoms with E-state index in [2.05, 4.69) is 43.0 Å². The van der Waals surface area contributed by atoms with Gasteiger partial charge in [-0.15, -0.1) is 0 Å². The van der Waals surface area contributed by atoms with Crippen molar-refractivity contribution in [3.05, 3.63) is 35.4 Å². The lowest BCUT2D eigenvalue weighted by Gasteiger charge is -2.44. The SMILES string of the molecule is CCCN(CCC)C1(N)CCc2ccccc2C1. The Bertz CT molecular complexity index is 382. The lowest BCUT2D eigenvalue weighted by molar-refractivity contribution is 0.0771. The quantitative estimate of drug-likeness (QED) is 0.809. The highest BCUT2D eigenvalue weighted by molar-refractivity contribution is 5.31. The van der Waals surface area contributed by atoms with E-state index >= 15 is 0 Å². The van der Waals surface area contributed by atoms with E-state index in [4.69, 9.17) is 5.73 Å². The molecule has 0 fully saturated rings. The average Bonchev–Trinajstić information content (AvgIpc) is 2.38. The minimum Gasteiger partial charge on any atom is -0.313 e. The fraction of sp³-hybridized carbons (Fsp3) is 0.625. The molecule has 2 nitrogen and oxygen atoms in total. The lowest BCUT2D eigenvalue weighted by atomic mass is 9.83. The number of rotatable bonds is 5. The predicted molar refractivity (Wildman–Crippen MR) is 77.5 cm³/mol. The molecule has 0 amide bonds. The standard InChI is InChI=1S/C16H26N2/c1-3-11-18(12-4-2)16(17)10-9-14-7-5-6-8-15(14)13-16/h5-8H,3-4,9-13,17H2,1-2H3. The van der Waals surface area contributed by atoms with Crippen LogP contribution >= 0.6 is 0 Å². The van der Waals surface area contributed by atoms with E-state index in [0.29, 0.717) is 0 Å². The first-order valence-electron chi connectivity index (χ1n) is 7.30. The lowest BCUT2D eigenvalue weighted by Crippen LogP contribution is -2.59. The van der Waals surface area contributed by atoms with Crippen LogP contribution in [0, 0.1) is 0 Å². The fourth-order valence-electron chi connectivity index (χ4n) is 3.11. The van der Waals surface area contributed by atoms with Crippen LogP contribution in [-0.2, 0) is 12.8 Å². The maximum Gasteiger partial charge on any atom is 0.0731 e. The largest absolute Gasteiger partial charge is 0.313 e. The van der Waals surface area contributed by atoms with E-state index in [1.54, 1.807) is 0 Å². The molecule has 1 unspecified atom stereocenters. The number of benzene rings is 1. The molecule has 0 bridgehead atoms. The van der Waals surface area contributed by atoms with Crippen LogP contribution in [0.5, 0.6) is 0 Å². The van der Waals surface area contributed by atoms with Gasteiger partial charge in [0, 0.05) is 6.42 Å². The topological polar surface area (TPSA) is 29.3 Å². The van der Waals surface area contributed by atoms with Crippen LogP contribution in [0.15, 0.2) is 24.3 Å². The Hall–Kier alpha value is -0.860. The van der Waals surface area contributed by atoms with E-state index in [1.165, 1.54) is 24.0 Å². The summed E-state index contributed by atoms with van der Waals surface area (Å²) < 4.78 is 0. The summed E-state index contributed by atoms with van der Waals surface area (Å²) in [6, 6.07) is 8.76. The van der Waals surface area contributed by atoms with Crippen LogP contribution in [-0.4, -0.2) is 23.7 Å². The summed E-state index contributed by atoms with van der Waals surface area (Å²) in [5.41, 5.74) is 9.53. The van der Waals surface area contributed by atoms with Crippen molar-refractivity contribution >= 4 is 0 Å². The van der Waals surface area contributed by atoms with E-state index in [0.717, 1.165) is 32.4 Å². The summed E-state index contributed by atoms with van der Waals surface area (Å²) in [6.45, 7) is 6.71. The van der Waals surface area contributed by atoms with Gasteiger partial charge in [-0.05, 0) is 49.9 Å². The molecule has 2 rings (SSSR count). The first-order chi connectivity index (χ1) is 8.69. The zero-order chi connectivity index (χ0) is 13.0. The first kappa shape index (κ1) is 13.6. The van der Waals surface area contributed by atoms with Gasteiger partial charge < -0.3 is 5.73 Å². The van der Waals surface area contributed by atoms with Gasteiger partial charge in [0.25, 0.3) is 0 Å². The summed E-state index contributed by atoms with van der Waals surface area (Å²) in [5.74, 6) is 0. The zero-order valence-electron chi connectivity index (χ0n) is 11.8. The van der Waals surface area contributed by atoms with Crippen molar-refractivity contribution in [3.8, 4) is 0 Å². The maximum absolute atomic E-state index is 6.72. The summed E-state index contributed by atoms with van der Waals surface area (Å²) in [4.78, 5) is 2.50. The molecule has 0 aromatic heterocycles. The summed E-state index contributed by atoms with van der Waals surface area (Å²) >= 11 is 0. The van der Waals surface area contributed by atoms with Gasteiger partial charge in [-0.25, -0.2) is 0 Å². The van der Waals surface area contributed by atoms with Gasteiger partial charge in [0.2, 0.25) is 0 Å². The Morgan fingerprint density at radius 3 is 2.33 bits per heavy atom. The Balaban J connectivity index is 2.17. The van der Waals surface area contributed by atoms with Gasteiger partial charge in [-0.2, -0.15) is 0 Å². The molecule has 1 aromatic rings. The van der Waals surface area contributed by atoms with E-state index in [-0.39, 0.29) is 5.66 Å². The number of nitrogens with zero attached hydrogens (tertiary/aromatic N) is 1. The number of aryl methyl sites for hydroxylation is 1. The highest BCUT2D eigenvalue weighted by Crippen LogP contribution is 2.29. The van der Waals surface area contributed by atoms with Crippen molar-refractivity contribution in [2.75, 3.05) is 13.1 Å². The third-order valence-corrected chi connectivity index (χ3v) is 4.06. The minimum atomic E-state index is -0.125. The Morgan fingerprint density at radius 1 is 1.11 bits per heavy atom. The van der Waals surface area contributed by atoms with Gasteiger partial charge in [-0.3, -0.25) is 4.90 Å². The van der Waals surface area contributed by atoms with Crippen molar-refractivity contribution in [2.24, 2.45) is 5.73 Å². The van der Waals surface area contributed by atoms with Gasteiger partial charge in [-0.1, -0.05) is 38.1 Å². The van der Waals surface area contributed by atoms with E-state index < -0.39 is 0 Å². The van der Waals surface area contributed by atoms with Crippen molar-refractivity contribution in [1.82, 2.24) is 4.90 Å². The maximum atomic E-state index is 6.72. The fourth-order valence-corrected chi connectivity index (χ4v) is 3.11. The Labute approximate surface area is 111 Å². The summed E-state index contributed by atoms with van der Waals surface area (Å²) in [5, 5.41) is 0. The molecule has 1 atom stereocenters. The molecule has 0 spiro atoms. The van der Waals surface area contributed by atoms with Gasteiger partial charge >= 0.3 is 0 Å². The molecule has 0 saturated heterocycles. The molecular weight excluding hydrogens is 220 g/mol. The molecule has 0 aliphatic heterocycles. The normalized spacial score (nSPS) is 23.1. The molecule has 0 saturated carbocycles. The van der Waals surface area contributed by atoms with E-state index in [1.807, 2.05) is 0 Å². The number of fused-ring (bicyclic) bond motifs is 1. The Morgan fingerprint density at radius 2 is 1.72 bits per heavy atom. The second-order valence-corrected chi connectivity index (χ2v) is 5.54. The Kier molecular flexibility index (Phi) is 4.41. The minimum absolute atomic E-state index is 0.125. The zero-order valence-corrected chi connectivity index (χ0v) is 11.8. The number of hydrogen-bond acceptors (Lipinski definition) is 2. The highest BCUT2D eigenvalue weighted by atomic mass is 15.3. The average molecular weight is 246 g/mol. The predicted octanol–water partition coefficient (Wildman–Crippen LogP) is 2.95. The second kappa shape index (κ2) is 5.85. The molecule has 0 radical (unpaired) electrons. The van der Waals surface area contributed by atoms with Crippen LogP contribution in [0.2, 0.25) is 0 Å². The van der Waals surface area contributed by atoms with Crippen molar-refractivity contribution in [3.63, 3.8) is 0 Å². The first-order valence-corrected chi connectivity index (χ1v) is 7.30.